The molecule has 1 nitrogen and oxygen atoms in total. The highest BCUT2D eigenvalue weighted by Crippen LogP contribution is 2.27. The highest BCUT2D eigenvalue weighted by Gasteiger charge is 2.04. The standard InChI is InChI=1S/C14H10ClN/c1-9-11-4-2-3-5-12(11)13-7-6-10(15)8-14(13)16-9/h2-8H,1H3. The summed E-state index contributed by atoms with van der Waals surface area (Å²) in [6.45, 7) is 2.03. The van der Waals surface area contributed by atoms with E-state index in [-0.39, 0.29) is 0 Å². The molecule has 0 N–H and O–H groups in total. The van der Waals surface area contributed by atoms with E-state index in [0.29, 0.717) is 0 Å². The Labute approximate surface area is 98.7 Å². The van der Waals surface area contributed by atoms with Gasteiger partial charge in [0.2, 0.25) is 0 Å². The molecule has 0 aliphatic rings. The van der Waals surface area contributed by atoms with Crippen LogP contribution in [0.25, 0.3) is 21.7 Å². The Hall–Kier alpha value is -1.60. The van der Waals surface area contributed by atoms with Gasteiger partial charge < -0.3 is 0 Å². The van der Waals surface area contributed by atoms with Crippen molar-refractivity contribution in [3.8, 4) is 0 Å². The summed E-state index contributed by atoms with van der Waals surface area (Å²) in [5, 5.41) is 4.33. The molecule has 0 unspecified atom stereocenters. The van der Waals surface area contributed by atoms with Crippen LogP contribution in [0.2, 0.25) is 5.02 Å². The van der Waals surface area contributed by atoms with Crippen molar-refractivity contribution in [3.05, 3.63) is 53.2 Å². The minimum Gasteiger partial charge on any atom is -0.252 e. The summed E-state index contributed by atoms with van der Waals surface area (Å²) in [6, 6.07) is 14.2. The molecule has 0 saturated carbocycles. The average molecular weight is 228 g/mol. The molecule has 0 atom stereocenters. The Morgan fingerprint density at radius 1 is 0.938 bits per heavy atom. The molecule has 78 valence electrons. The van der Waals surface area contributed by atoms with Gasteiger partial charge in [-0.15, -0.1) is 0 Å². The van der Waals surface area contributed by atoms with E-state index < -0.39 is 0 Å². The predicted octanol–water partition coefficient (Wildman–Crippen LogP) is 4.35. The molecule has 0 radical (unpaired) electrons. The van der Waals surface area contributed by atoms with E-state index in [1.807, 2.05) is 31.2 Å². The van der Waals surface area contributed by atoms with Crippen molar-refractivity contribution in [2.24, 2.45) is 0 Å². The van der Waals surface area contributed by atoms with Gasteiger partial charge in [-0.05, 0) is 24.4 Å². The molecule has 1 aromatic heterocycles. The zero-order valence-corrected chi connectivity index (χ0v) is 9.62. The molecule has 0 fully saturated rings. The number of rotatable bonds is 0. The number of pyridine rings is 1. The maximum Gasteiger partial charge on any atom is 0.0726 e. The fourth-order valence-corrected chi connectivity index (χ4v) is 2.27. The van der Waals surface area contributed by atoms with Crippen molar-refractivity contribution in [2.75, 3.05) is 0 Å². The quantitative estimate of drug-likeness (QED) is 0.521. The van der Waals surface area contributed by atoms with E-state index in [1.54, 1.807) is 0 Å². The fraction of sp³-hybridized carbons (Fsp3) is 0.0714. The molecule has 2 heteroatoms. The van der Waals surface area contributed by atoms with Crippen LogP contribution in [-0.4, -0.2) is 4.98 Å². The van der Waals surface area contributed by atoms with E-state index >= 15 is 0 Å². The minimum atomic E-state index is 0.731. The first-order valence-electron chi connectivity index (χ1n) is 5.20. The van der Waals surface area contributed by atoms with Crippen LogP contribution < -0.4 is 0 Å². The van der Waals surface area contributed by atoms with Crippen LogP contribution in [0.4, 0.5) is 0 Å². The van der Waals surface area contributed by atoms with Crippen molar-refractivity contribution in [1.82, 2.24) is 4.98 Å². The van der Waals surface area contributed by atoms with Gasteiger partial charge in [-0.1, -0.05) is 41.9 Å². The van der Waals surface area contributed by atoms with Gasteiger partial charge in [0.05, 0.1) is 5.52 Å². The van der Waals surface area contributed by atoms with E-state index in [1.165, 1.54) is 10.8 Å². The van der Waals surface area contributed by atoms with Gasteiger partial charge in [0.1, 0.15) is 0 Å². The highest BCUT2D eigenvalue weighted by molar-refractivity contribution is 6.31. The summed E-state index contributed by atoms with van der Waals surface area (Å²) >= 11 is 5.98. The van der Waals surface area contributed by atoms with E-state index in [4.69, 9.17) is 11.6 Å². The molecule has 2 aromatic carbocycles. The summed E-state index contributed by atoms with van der Waals surface area (Å²) < 4.78 is 0. The molecule has 3 rings (SSSR count). The zero-order chi connectivity index (χ0) is 11.1. The van der Waals surface area contributed by atoms with Crippen LogP contribution >= 0.6 is 11.6 Å². The average Bonchev–Trinajstić information content (AvgIpc) is 2.29. The number of aryl methyl sites for hydroxylation is 1. The van der Waals surface area contributed by atoms with Crippen LogP contribution in [0, 0.1) is 6.92 Å². The summed E-state index contributed by atoms with van der Waals surface area (Å²) in [7, 11) is 0. The summed E-state index contributed by atoms with van der Waals surface area (Å²) in [5.41, 5.74) is 2.01. The second-order valence-corrected chi connectivity index (χ2v) is 4.34. The van der Waals surface area contributed by atoms with Gasteiger partial charge in [0, 0.05) is 21.5 Å². The van der Waals surface area contributed by atoms with Crippen LogP contribution in [0.5, 0.6) is 0 Å². The first-order chi connectivity index (χ1) is 7.75. The Balaban J connectivity index is 2.59. The van der Waals surface area contributed by atoms with E-state index in [2.05, 4.69) is 23.2 Å². The zero-order valence-electron chi connectivity index (χ0n) is 8.87. The second-order valence-electron chi connectivity index (χ2n) is 3.90. The molecular weight excluding hydrogens is 218 g/mol. The number of aromatic nitrogens is 1. The van der Waals surface area contributed by atoms with Crippen LogP contribution in [0.1, 0.15) is 5.69 Å². The summed E-state index contributed by atoms with van der Waals surface area (Å²) in [5.74, 6) is 0. The molecule has 3 aromatic rings. The third-order valence-corrected chi connectivity index (χ3v) is 3.09. The lowest BCUT2D eigenvalue weighted by molar-refractivity contribution is 1.29. The molecular formula is C14H10ClN. The number of fused-ring (bicyclic) bond motifs is 3. The Morgan fingerprint density at radius 3 is 2.50 bits per heavy atom. The number of halogens is 1. The van der Waals surface area contributed by atoms with Gasteiger partial charge >= 0.3 is 0 Å². The van der Waals surface area contributed by atoms with Gasteiger partial charge in [0.25, 0.3) is 0 Å². The monoisotopic (exact) mass is 227 g/mol. The molecule has 0 amide bonds. The molecule has 0 spiro atoms. The van der Waals surface area contributed by atoms with E-state index in [9.17, 15) is 0 Å². The minimum absolute atomic E-state index is 0.731. The molecule has 0 aliphatic carbocycles. The summed E-state index contributed by atoms with van der Waals surface area (Å²) in [6.07, 6.45) is 0. The van der Waals surface area contributed by atoms with E-state index in [0.717, 1.165) is 21.6 Å². The van der Waals surface area contributed by atoms with Crippen molar-refractivity contribution < 1.29 is 0 Å². The Kier molecular flexibility index (Phi) is 2.08. The Morgan fingerprint density at radius 2 is 1.69 bits per heavy atom. The third kappa shape index (κ3) is 1.36. The van der Waals surface area contributed by atoms with Crippen LogP contribution in [0.15, 0.2) is 42.5 Å². The van der Waals surface area contributed by atoms with Crippen LogP contribution in [0.3, 0.4) is 0 Å². The number of hydrogen-bond donors (Lipinski definition) is 0. The molecule has 0 saturated heterocycles. The van der Waals surface area contributed by atoms with Gasteiger partial charge in [-0.2, -0.15) is 0 Å². The summed E-state index contributed by atoms with van der Waals surface area (Å²) in [4.78, 5) is 4.58. The van der Waals surface area contributed by atoms with Crippen LogP contribution in [-0.2, 0) is 0 Å². The first-order valence-corrected chi connectivity index (χ1v) is 5.58. The lowest BCUT2D eigenvalue weighted by Gasteiger charge is -2.06. The molecule has 1 heterocycles. The topological polar surface area (TPSA) is 12.9 Å². The fourth-order valence-electron chi connectivity index (χ4n) is 2.10. The Bertz CT molecular complexity index is 689. The van der Waals surface area contributed by atoms with Crippen molar-refractivity contribution in [1.29, 1.82) is 0 Å². The van der Waals surface area contributed by atoms with Crippen molar-refractivity contribution in [3.63, 3.8) is 0 Å². The third-order valence-electron chi connectivity index (χ3n) is 2.85. The smallest absolute Gasteiger partial charge is 0.0726 e. The number of benzene rings is 2. The normalized spacial score (nSPS) is 11.1. The predicted molar refractivity (Wildman–Crippen MR) is 69.0 cm³/mol. The SMILES string of the molecule is Cc1nc2cc(Cl)ccc2c2ccccc12. The maximum absolute atomic E-state index is 5.98. The largest absolute Gasteiger partial charge is 0.252 e. The van der Waals surface area contributed by atoms with Crippen molar-refractivity contribution >= 4 is 33.3 Å². The first kappa shape index (κ1) is 9.61. The van der Waals surface area contributed by atoms with Crippen molar-refractivity contribution in [2.45, 2.75) is 6.92 Å². The van der Waals surface area contributed by atoms with Gasteiger partial charge in [-0.25, -0.2) is 0 Å². The number of nitrogens with zero attached hydrogens (tertiary/aromatic N) is 1. The lowest BCUT2D eigenvalue weighted by atomic mass is 10.0. The molecule has 0 aliphatic heterocycles. The lowest BCUT2D eigenvalue weighted by Crippen LogP contribution is -1.87. The number of hydrogen-bond acceptors (Lipinski definition) is 1. The van der Waals surface area contributed by atoms with Gasteiger partial charge in [-0.3, -0.25) is 4.98 Å². The molecule has 0 bridgehead atoms. The second kappa shape index (κ2) is 3.46. The maximum atomic E-state index is 5.98. The molecule has 16 heavy (non-hydrogen) atoms. The van der Waals surface area contributed by atoms with Gasteiger partial charge in [0.15, 0.2) is 0 Å². The highest BCUT2D eigenvalue weighted by atomic mass is 35.5.